The molecule has 144 valence electrons. The van der Waals surface area contributed by atoms with E-state index in [9.17, 15) is 8.42 Å². The van der Waals surface area contributed by atoms with Gasteiger partial charge in [-0.05, 0) is 43.3 Å². The molecule has 2 heterocycles. The van der Waals surface area contributed by atoms with E-state index in [1.165, 1.54) is 12.1 Å². The van der Waals surface area contributed by atoms with Crippen molar-refractivity contribution in [2.45, 2.75) is 11.8 Å². The minimum atomic E-state index is -3.83. The predicted molar refractivity (Wildman–Crippen MR) is 105 cm³/mol. The molecule has 28 heavy (non-hydrogen) atoms. The van der Waals surface area contributed by atoms with Crippen molar-refractivity contribution in [3.8, 4) is 11.5 Å². The van der Waals surface area contributed by atoms with Crippen LogP contribution in [0.4, 0.5) is 17.3 Å². The van der Waals surface area contributed by atoms with Crippen molar-refractivity contribution in [3.63, 3.8) is 0 Å². The molecule has 0 radical (unpaired) electrons. The monoisotopic (exact) mass is 398 g/mol. The first-order valence-corrected chi connectivity index (χ1v) is 10.1. The molecule has 0 unspecified atom stereocenters. The summed E-state index contributed by atoms with van der Waals surface area (Å²) in [5.74, 6) is 1.67. The highest BCUT2D eigenvalue weighted by molar-refractivity contribution is 7.92. The Morgan fingerprint density at radius 2 is 1.79 bits per heavy atom. The third-order valence-electron chi connectivity index (χ3n) is 4.20. The predicted octanol–water partition coefficient (Wildman–Crippen LogP) is 3.16. The molecule has 0 atom stereocenters. The van der Waals surface area contributed by atoms with Crippen LogP contribution in [0.25, 0.3) is 0 Å². The molecular formula is C19H18N4O4S. The summed E-state index contributed by atoms with van der Waals surface area (Å²) < 4.78 is 38.1. The number of benzene rings is 2. The first-order chi connectivity index (χ1) is 13.6. The number of aromatic nitrogens is 2. The first kappa shape index (κ1) is 18.1. The highest BCUT2D eigenvalue weighted by atomic mass is 32.2. The van der Waals surface area contributed by atoms with Gasteiger partial charge in [-0.1, -0.05) is 18.2 Å². The standard InChI is InChI=1S/C19H18N4O4S/c1-2-23(14-6-4-3-5-7-14)19-11-10-18(20-21-19)22-28(24,25)15-8-9-16-17(12-15)27-13-26-16/h3-12H,2,13H2,1H3,(H,20,22). The average molecular weight is 398 g/mol. The quantitative estimate of drug-likeness (QED) is 0.682. The van der Waals surface area contributed by atoms with Gasteiger partial charge in [0.1, 0.15) is 0 Å². The fourth-order valence-corrected chi connectivity index (χ4v) is 3.86. The van der Waals surface area contributed by atoms with Gasteiger partial charge >= 0.3 is 0 Å². The molecule has 9 heteroatoms. The van der Waals surface area contributed by atoms with Crippen LogP contribution >= 0.6 is 0 Å². The van der Waals surface area contributed by atoms with Gasteiger partial charge in [0.05, 0.1) is 4.90 Å². The van der Waals surface area contributed by atoms with Gasteiger partial charge in [0, 0.05) is 18.3 Å². The lowest BCUT2D eigenvalue weighted by Gasteiger charge is -2.21. The minimum absolute atomic E-state index is 0.0575. The topological polar surface area (TPSA) is 93.7 Å². The molecule has 0 fully saturated rings. The normalized spacial score (nSPS) is 12.6. The van der Waals surface area contributed by atoms with Crippen molar-refractivity contribution in [1.29, 1.82) is 0 Å². The van der Waals surface area contributed by atoms with E-state index in [0.717, 1.165) is 5.69 Å². The number of hydrogen-bond donors (Lipinski definition) is 1. The lowest BCUT2D eigenvalue weighted by molar-refractivity contribution is 0.174. The number of fused-ring (bicyclic) bond motifs is 1. The Labute approximate surface area is 162 Å². The number of ether oxygens (including phenoxy) is 2. The molecule has 0 saturated carbocycles. The summed E-state index contributed by atoms with van der Waals surface area (Å²) in [6.45, 7) is 2.78. The van der Waals surface area contributed by atoms with Gasteiger partial charge in [-0.15, -0.1) is 10.2 Å². The zero-order valence-electron chi connectivity index (χ0n) is 15.1. The fourth-order valence-electron chi connectivity index (χ4n) is 2.85. The van der Waals surface area contributed by atoms with Gasteiger partial charge in [-0.25, -0.2) is 8.42 Å². The van der Waals surface area contributed by atoms with E-state index in [1.807, 2.05) is 42.2 Å². The number of para-hydroxylation sites is 1. The van der Waals surface area contributed by atoms with Crippen LogP contribution in [0.1, 0.15) is 6.92 Å². The van der Waals surface area contributed by atoms with Crippen LogP contribution in [0.3, 0.4) is 0 Å². The molecule has 4 rings (SSSR count). The van der Waals surface area contributed by atoms with E-state index in [2.05, 4.69) is 14.9 Å². The number of rotatable bonds is 6. The Kier molecular flexibility index (Phi) is 4.74. The molecule has 0 amide bonds. The van der Waals surface area contributed by atoms with Crippen LogP contribution < -0.4 is 19.1 Å². The molecular weight excluding hydrogens is 380 g/mol. The Morgan fingerprint density at radius 3 is 2.50 bits per heavy atom. The average Bonchev–Trinajstić information content (AvgIpc) is 3.18. The number of nitrogens with one attached hydrogen (secondary N) is 1. The summed E-state index contributed by atoms with van der Waals surface area (Å²) in [7, 11) is -3.83. The third-order valence-corrected chi connectivity index (χ3v) is 5.56. The maximum Gasteiger partial charge on any atom is 0.263 e. The van der Waals surface area contributed by atoms with E-state index in [-0.39, 0.29) is 17.5 Å². The second-order valence-corrected chi connectivity index (χ2v) is 7.66. The summed E-state index contributed by atoms with van der Waals surface area (Å²) >= 11 is 0. The van der Waals surface area contributed by atoms with Crippen LogP contribution in [0, 0.1) is 0 Å². The fraction of sp³-hybridized carbons (Fsp3) is 0.158. The summed E-state index contributed by atoms with van der Waals surface area (Å²) in [6, 6.07) is 17.5. The van der Waals surface area contributed by atoms with Crippen molar-refractivity contribution >= 4 is 27.3 Å². The molecule has 1 aromatic heterocycles. The molecule has 8 nitrogen and oxygen atoms in total. The summed E-state index contributed by atoms with van der Waals surface area (Å²) in [4.78, 5) is 2.03. The maximum absolute atomic E-state index is 12.6. The Morgan fingerprint density at radius 1 is 1.00 bits per heavy atom. The molecule has 1 aliphatic rings. The van der Waals surface area contributed by atoms with E-state index in [4.69, 9.17) is 9.47 Å². The van der Waals surface area contributed by atoms with Crippen LogP contribution in [-0.4, -0.2) is 32.0 Å². The second kappa shape index (κ2) is 7.35. The molecule has 0 saturated heterocycles. The van der Waals surface area contributed by atoms with E-state index in [0.29, 0.717) is 23.9 Å². The molecule has 1 aliphatic heterocycles. The van der Waals surface area contributed by atoms with Crippen LogP contribution in [0.5, 0.6) is 11.5 Å². The van der Waals surface area contributed by atoms with Crippen LogP contribution in [0.15, 0.2) is 65.6 Å². The lowest BCUT2D eigenvalue weighted by Crippen LogP contribution is -2.19. The Balaban J connectivity index is 1.54. The van der Waals surface area contributed by atoms with Crippen molar-refractivity contribution in [3.05, 3.63) is 60.7 Å². The Bertz CT molecular complexity index is 1070. The number of hydrogen-bond acceptors (Lipinski definition) is 7. The van der Waals surface area contributed by atoms with Gasteiger partial charge in [0.2, 0.25) is 6.79 Å². The van der Waals surface area contributed by atoms with Crippen LogP contribution in [0.2, 0.25) is 0 Å². The van der Waals surface area contributed by atoms with Gasteiger partial charge in [-0.3, -0.25) is 4.72 Å². The Hall–Kier alpha value is -3.33. The molecule has 1 N–H and O–H groups in total. The second-order valence-electron chi connectivity index (χ2n) is 5.98. The van der Waals surface area contributed by atoms with Crippen molar-refractivity contribution in [2.75, 3.05) is 23.0 Å². The van der Waals surface area contributed by atoms with Gasteiger partial charge in [0.25, 0.3) is 10.0 Å². The van der Waals surface area contributed by atoms with Crippen molar-refractivity contribution < 1.29 is 17.9 Å². The molecule has 3 aromatic rings. The smallest absolute Gasteiger partial charge is 0.263 e. The highest BCUT2D eigenvalue weighted by Crippen LogP contribution is 2.34. The SMILES string of the molecule is CCN(c1ccccc1)c1ccc(NS(=O)(=O)c2ccc3c(c2)OCO3)nn1. The summed E-state index contributed by atoms with van der Waals surface area (Å²) in [5.41, 5.74) is 0.980. The largest absolute Gasteiger partial charge is 0.454 e. The zero-order valence-corrected chi connectivity index (χ0v) is 15.9. The van der Waals surface area contributed by atoms with Crippen molar-refractivity contribution in [1.82, 2.24) is 10.2 Å². The van der Waals surface area contributed by atoms with E-state index >= 15 is 0 Å². The van der Waals surface area contributed by atoms with Gasteiger partial charge < -0.3 is 14.4 Å². The number of nitrogens with zero attached hydrogens (tertiary/aromatic N) is 3. The first-order valence-electron chi connectivity index (χ1n) is 8.65. The molecule has 0 bridgehead atoms. The molecule has 0 aliphatic carbocycles. The van der Waals surface area contributed by atoms with Crippen molar-refractivity contribution in [2.24, 2.45) is 0 Å². The van der Waals surface area contributed by atoms with Gasteiger partial charge in [0.15, 0.2) is 23.1 Å². The van der Waals surface area contributed by atoms with E-state index in [1.54, 1.807) is 18.2 Å². The summed E-state index contributed by atoms with van der Waals surface area (Å²) in [6.07, 6.45) is 0. The molecule has 2 aromatic carbocycles. The van der Waals surface area contributed by atoms with Gasteiger partial charge in [-0.2, -0.15) is 0 Å². The maximum atomic E-state index is 12.6. The number of sulfonamides is 1. The van der Waals surface area contributed by atoms with Crippen LogP contribution in [-0.2, 0) is 10.0 Å². The molecule has 0 spiro atoms. The lowest BCUT2D eigenvalue weighted by atomic mass is 10.3. The van der Waals surface area contributed by atoms with E-state index < -0.39 is 10.0 Å². The minimum Gasteiger partial charge on any atom is -0.454 e. The summed E-state index contributed by atoms with van der Waals surface area (Å²) in [5, 5.41) is 8.18. The number of anilines is 3. The third kappa shape index (κ3) is 3.56. The highest BCUT2D eigenvalue weighted by Gasteiger charge is 2.21. The zero-order chi connectivity index (χ0) is 19.6.